The highest BCUT2D eigenvalue weighted by atomic mass is 35.5. The topological polar surface area (TPSA) is 0 Å². The van der Waals surface area contributed by atoms with Crippen LogP contribution in [0.3, 0.4) is 0 Å². The summed E-state index contributed by atoms with van der Waals surface area (Å²) in [4.78, 5) is 0. The zero-order valence-corrected chi connectivity index (χ0v) is 7.13. The van der Waals surface area contributed by atoms with Gasteiger partial charge in [-0.25, -0.2) is 13.2 Å². The number of benzene rings is 1. The summed E-state index contributed by atoms with van der Waals surface area (Å²) in [5, 5.41) is -0.665. The molecule has 0 amide bonds. The van der Waals surface area contributed by atoms with Crippen LogP contribution in [0, 0.1) is 5.82 Å². The number of alkyl halides is 2. The average molecular weight is 215 g/mol. The average Bonchev–Trinajstić information content (AvgIpc) is 1.96. The molecule has 0 fully saturated rings. The van der Waals surface area contributed by atoms with Crippen molar-refractivity contribution < 1.29 is 13.2 Å². The SMILES string of the molecule is Fc1cc(Cl)cc(C(F)F)c1Cl. The van der Waals surface area contributed by atoms with Crippen LogP contribution >= 0.6 is 23.2 Å². The van der Waals surface area contributed by atoms with Crippen molar-refractivity contribution in [3.8, 4) is 0 Å². The Bertz CT molecular complexity index is 299. The van der Waals surface area contributed by atoms with E-state index in [0.717, 1.165) is 12.1 Å². The molecule has 0 saturated heterocycles. The van der Waals surface area contributed by atoms with Gasteiger partial charge in [0.05, 0.1) is 5.02 Å². The predicted molar refractivity (Wildman–Crippen MR) is 41.4 cm³/mol. The van der Waals surface area contributed by atoms with E-state index in [2.05, 4.69) is 0 Å². The minimum Gasteiger partial charge on any atom is -0.205 e. The summed E-state index contributed by atoms with van der Waals surface area (Å²) in [6.45, 7) is 0. The van der Waals surface area contributed by atoms with E-state index < -0.39 is 22.8 Å². The van der Waals surface area contributed by atoms with Crippen molar-refractivity contribution in [3.05, 3.63) is 33.6 Å². The Hall–Kier alpha value is -0.410. The van der Waals surface area contributed by atoms with Gasteiger partial charge in [0.15, 0.2) is 0 Å². The third kappa shape index (κ3) is 1.84. The van der Waals surface area contributed by atoms with Gasteiger partial charge in [-0.2, -0.15) is 0 Å². The van der Waals surface area contributed by atoms with Gasteiger partial charge in [-0.05, 0) is 12.1 Å². The van der Waals surface area contributed by atoms with Crippen LogP contribution in [0.1, 0.15) is 12.0 Å². The Kier molecular flexibility index (Phi) is 2.85. The Balaban J connectivity index is 3.28. The number of hydrogen-bond acceptors (Lipinski definition) is 0. The quantitative estimate of drug-likeness (QED) is 0.619. The van der Waals surface area contributed by atoms with Gasteiger partial charge in [0.2, 0.25) is 0 Å². The van der Waals surface area contributed by atoms with Gasteiger partial charge in [0, 0.05) is 10.6 Å². The molecule has 0 spiro atoms. The van der Waals surface area contributed by atoms with E-state index in [-0.39, 0.29) is 5.02 Å². The predicted octanol–water partition coefficient (Wildman–Crippen LogP) is 4.07. The molecule has 0 aliphatic rings. The van der Waals surface area contributed by atoms with Crippen LogP contribution in [-0.2, 0) is 0 Å². The molecule has 0 unspecified atom stereocenters. The number of rotatable bonds is 1. The Morgan fingerprint density at radius 2 is 1.75 bits per heavy atom. The molecule has 0 bridgehead atoms. The molecule has 0 heterocycles. The molecule has 0 nitrogen and oxygen atoms in total. The fourth-order valence-corrected chi connectivity index (χ4v) is 1.14. The van der Waals surface area contributed by atoms with Crippen LogP contribution in [-0.4, -0.2) is 0 Å². The van der Waals surface area contributed by atoms with Crippen molar-refractivity contribution in [2.75, 3.05) is 0 Å². The zero-order valence-electron chi connectivity index (χ0n) is 5.62. The van der Waals surface area contributed by atoms with Gasteiger partial charge in [-0.3, -0.25) is 0 Å². The van der Waals surface area contributed by atoms with Crippen molar-refractivity contribution >= 4 is 23.2 Å². The van der Waals surface area contributed by atoms with E-state index in [0.29, 0.717) is 0 Å². The molecule has 0 aliphatic carbocycles. The van der Waals surface area contributed by atoms with Gasteiger partial charge >= 0.3 is 0 Å². The summed E-state index contributed by atoms with van der Waals surface area (Å²) in [5.74, 6) is -0.931. The molecular formula is C7H3Cl2F3. The van der Waals surface area contributed by atoms with Gasteiger partial charge in [0.25, 0.3) is 6.43 Å². The van der Waals surface area contributed by atoms with Crippen molar-refractivity contribution in [3.63, 3.8) is 0 Å². The van der Waals surface area contributed by atoms with Gasteiger partial charge < -0.3 is 0 Å². The molecule has 0 aliphatic heterocycles. The highest BCUT2D eigenvalue weighted by Crippen LogP contribution is 2.31. The molecule has 1 aromatic carbocycles. The molecule has 0 N–H and O–H groups in total. The summed E-state index contributed by atoms with van der Waals surface area (Å²) >= 11 is 10.6. The lowest BCUT2D eigenvalue weighted by atomic mass is 10.2. The summed E-state index contributed by atoms with van der Waals surface area (Å²) in [7, 11) is 0. The minimum absolute atomic E-state index is 0.0906. The van der Waals surface area contributed by atoms with Crippen LogP contribution in [0.4, 0.5) is 13.2 Å². The van der Waals surface area contributed by atoms with Crippen molar-refractivity contribution in [1.82, 2.24) is 0 Å². The molecule has 0 saturated carbocycles. The highest BCUT2D eigenvalue weighted by molar-refractivity contribution is 6.33. The Morgan fingerprint density at radius 1 is 1.17 bits per heavy atom. The van der Waals surface area contributed by atoms with Crippen molar-refractivity contribution in [2.45, 2.75) is 6.43 Å². The smallest absolute Gasteiger partial charge is 0.205 e. The van der Waals surface area contributed by atoms with Crippen molar-refractivity contribution in [2.24, 2.45) is 0 Å². The maximum atomic E-state index is 12.7. The van der Waals surface area contributed by atoms with E-state index in [1.807, 2.05) is 0 Å². The molecule has 5 heteroatoms. The molecule has 66 valence electrons. The first-order valence-corrected chi connectivity index (χ1v) is 3.70. The van der Waals surface area contributed by atoms with Crippen LogP contribution in [0.2, 0.25) is 10.0 Å². The third-order valence-electron chi connectivity index (χ3n) is 1.26. The molecule has 1 rings (SSSR count). The van der Waals surface area contributed by atoms with E-state index in [9.17, 15) is 13.2 Å². The summed E-state index contributed by atoms with van der Waals surface area (Å²) in [6, 6.07) is 1.83. The molecule has 0 radical (unpaired) electrons. The van der Waals surface area contributed by atoms with Crippen LogP contribution in [0.25, 0.3) is 0 Å². The van der Waals surface area contributed by atoms with Crippen LogP contribution in [0.5, 0.6) is 0 Å². The molecule has 0 aromatic heterocycles. The van der Waals surface area contributed by atoms with Crippen LogP contribution < -0.4 is 0 Å². The second-order valence-electron chi connectivity index (χ2n) is 2.09. The second-order valence-corrected chi connectivity index (χ2v) is 2.91. The van der Waals surface area contributed by atoms with Gasteiger partial charge in [-0.1, -0.05) is 23.2 Å². The number of hydrogen-bond donors (Lipinski definition) is 0. The number of halogens is 5. The Labute approximate surface area is 76.9 Å². The first-order valence-electron chi connectivity index (χ1n) is 2.95. The monoisotopic (exact) mass is 214 g/mol. The van der Waals surface area contributed by atoms with Gasteiger partial charge in [0.1, 0.15) is 5.82 Å². The summed E-state index contributed by atoms with van der Waals surface area (Å²) < 4.78 is 36.8. The Morgan fingerprint density at radius 3 is 2.25 bits per heavy atom. The van der Waals surface area contributed by atoms with E-state index >= 15 is 0 Å². The molecule has 12 heavy (non-hydrogen) atoms. The van der Waals surface area contributed by atoms with E-state index in [1.54, 1.807) is 0 Å². The maximum absolute atomic E-state index is 12.7. The largest absolute Gasteiger partial charge is 0.265 e. The van der Waals surface area contributed by atoms with Crippen molar-refractivity contribution in [1.29, 1.82) is 0 Å². The first kappa shape index (κ1) is 9.68. The maximum Gasteiger partial charge on any atom is 0.265 e. The van der Waals surface area contributed by atoms with Crippen LogP contribution in [0.15, 0.2) is 12.1 Å². The zero-order chi connectivity index (χ0) is 9.30. The molecule has 0 atom stereocenters. The summed E-state index contributed by atoms with van der Waals surface area (Å²) in [6.07, 6.45) is -2.81. The van der Waals surface area contributed by atoms with E-state index in [4.69, 9.17) is 23.2 Å². The lowest BCUT2D eigenvalue weighted by molar-refractivity contribution is 0.151. The lowest BCUT2D eigenvalue weighted by Gasteiger charge is -2.03. The van der Waals surface area contributed by atoms with E-state index in [1.165, 1.54) is 0 Å². The summed E-state index contributed by atoms with van der Waals surface area (Å²) in [5.41, 5.74) is -0.582. The fraction of sp³-hybridized carbons (Fsp3) is 0.143. The molecule has 1 aromatic rings. The highest BCUT2D eigenvalue weighted by Gasteiger charge is 2.15. The fourth-order valence-electron chi connectivity index (χ4n) is 0.735. The lowest BCUT2D eigenvalue weighted by Crippen LogP contribution is -1.89. The molecular weight excluding hydrogens is 212 g/mol. The third-order valence-corrected chi connectivity index (χ3v) is 1.87. The van der Waals surface area contributed by atoms with Gasteiger partial charge in [-0.15, -0.1) is 0 Å². The normalized spacial score (nSPS) is 10.8. The standard InChI is InChI=1S/C7H3Cl2F3/c8-3-1-4(7(11)12)6(9)5(10)2-3/h1-2,7H. The first-order chi connectivity index (χ1) is 5.52. The minimum atomic E-state index is -2.81. The second kappa shape index (κ2) is 3.54.